The van der Waals surface area contributed by atoms with Gasteiger partial charge in [0, 0.05) is 23.2 Å². The molecule has 1 aromatic carbocycles. The molecule has 0 aliphatic heterocycles. The number of hydrogen-bond donors (Lipinski definition) is 2. The van der Waals surface area contributed by atoms with Crippen LogP contribution in [0.25, 0.3) is 0 Å². The van der Waals surface area contributed by atoms with Gasteiger partial charge in [0.2, 0.25) is 0 Å². The Morgan fingerprint density at radius 3 is 2.50 bits per heavy atom. The minimum atomic E-state index is -0.633. The van der Waals surface area contributed by atoms with Crippen molar-refractivity contribution in [1.29, 1.82) is 0 Å². The van der Waals surface area contributed by atoms with Crippen molar-refractivity contribution in [3.8, 4) is 0 Å². The summed E-state index contributed by atoms with van der Waals surface area (Å²) in [5.74, 6) is -0.611. The van der Waals surface area contributed by atoms with Crippen LogP contribution in [0.1, 0.15) is 18.0 Å². The number of nitrogens with two attached hydrogens (primary N) is 1. The van der Waals surface area contributed by atoms with E-state index >= 15 is 0 Å². The smallest absolute Gasteiger partial charge is 0.148 e. The molecule has 0 amide bonds. The highest BCUT2D eigenvalue weighted by Gasteiger charge is 2.17. The summed E-state index contributed by atoms with van der Waals surface area (Å²) in [6, 6.07) is 2.22. The minimum absolute atomic E-state index is 0.0159. The van der Waals surface area contributed by atoms with Gasteiger partial charge >= 0.3 is 0 Å². The predicted octanol–water partition coefficient (Wildman–Crippen LogP) is 2.51. The fourth-order valence-corrected chi connectivity index (χ4v) is 1.62. The first-order valence-corrected chi connectivity index (χ1v) is 4.83. The SMILES string of the molecule is NC(CCO)c1c(Cl)ccc(Cl)c1F. The fraction of sp³-hybridized carbons (Fsp3) is 0.333. The molecule has 0 heterocycles. The molecule has 1 rings (SSSR count). The van der Waals surface area contributed by atoms with E-state index in [1.807, 2.05) is 0 Å². The number of aliphatic hydroxyl groups is 1. The third-order valence-corrected chi connectivity index (χ3v) is 2.51. The molecule has 5 heteroatoms. The van der Waals surface area contributed by atoms with Crippen molar-refractivity contribution in [1.82, 2.24) is 0 Å². The normalized spacial score (nSPS) is 12.9. The van der Waals surface area contributed by atoms with Crippen LogP contribution in [0.4, 0.5) is 4.39 Å². The van der Waals surface area contributed by atoms with Crippen molar-refractivity contribution >= 4 is 23.2 Å². The van der Waals surface area contributed by atoms with Crippen LogP contribution in [0.15, 0.2) is 12.1 Å². The molecule has 0 saturated carbocycles. The molecule has 0 aliphatic rings. The predicted molar refractivity (Wildman–Crippen MR) is 55.1 cm³/mol. The van der Waals surface area contributed by atoms with Crippen LogP contribution < -0.4 is 5.73 Å². The highest BCUT2D eigenvalue weighted by atomic mass is 35.5. The van der Waals surface area contributed by atoms with Gasteiger partial charge in [0.25, 0.3) is 0 Å². The van der Waals surface area contributed by atoms with Crippen LogP contribution in [0.2, 0.25) is 10.0 Å². The molecular weight excluding hydrogens is 228 g/mol. The van der Waals surface area contributed by atoms with Crippen molar-refractivity contribution in [3.05, 3.63) is 33.6 Å². The molecule has 0 aliphatic carbocycles. The molecule has 2 nitrogen and oxygen atoms in total. The summed E-state index contributed by atoms with van der Waals surface area (Å²) in [5.41, 5.74) is 5.79. The first kappa shape index (κ1) is 11.7. The lowest BCUT2D eigenvalue weighted by molar-refractivity contribution is 0.275. The molecular formula is C9H10Cl2FNO. The van der Waals surface area contributed by atoms with E-state index in [9.17, 15) is 4.39 Å². The molecule has 0 radical (unpaired) electrons. The lowest BCUT2D eigenvalue weighted by atomic mass is 10.0. The number of benzene rings is 1. The van der Waals surface area contributed by atoms with Gasteiger partial charge in [-0.25, -0.2) is 4.39 Å². The van der Waals surface area contributed by atoms with Gasteiger partial charge in [-0.1, -0.05) is 23.2 Å². The van der Waals surface area contributed by atoms with Crippen LogP contribution in [0.5, 0.6) is 0 Å². The van der Waals surface area contributed by atoms with E-state index in [2.05, 4.69) is 0 Å². The molecule has 0 saturated heterocycles. The number of rotatable bonds is 3. The second-order valence-corrected chi connectivity index (χ2v) is 3.69. The van der Waals surface area contributed by atoms with E-state index in [4.69, 9.17) is 34.0 Å². The van der Waals surface area contributed by atoms with Gasteiger partial charge in [-0.2, -0.15) is 0 Å². The number of halogens is 3. The average molecular weight is 238 g/mol. The van der Waals surface area contributed by atoms with Crippen molar-refractivity contribution in [2.75, 3.05) is 6.61 Å². The fourth-order valence-electron chi connectivity index (χ4n) is 1.17. The Morgan fingerprint density at radius 2 is 1.93 bits per heavy atom. The Bertz CT molecular complexity index is 333. The van der Waals surface area contributed by atoms with Crippen LogP contribution in [0, 0.1) is 5.82 Å². The third kappa shape index (κ3) is 2.36. The van der Waals surface area contributed by atoms with Gasteiger partial charge < -0.3 is 10.8 Å². The van der Waals surface area contributed by atoms with Crippen LogP contribution in [-0.2, 0) is 0 Å². The summed E-state index contributed by atoms with van der Waals surface area (Å²) in [7, 11) is 0. The van der Waals surface area contributed by atoms with Gasteiger partial charge in [-0.15, -0.1) is 0 Å². The van der Waals surface area contributed by atoms with Crippen molar-refractivity contribution < 1.29 is 9.50 Å². The maximum Gasteiger partial charge on any atom is 0.148 e. The van der Waals surface area contributed by atoms with Gasteiger partial charge in [-0.3, -0.25) is 0 Å². The largest absolute Gasteiger partial charge is 0.396 e. The van der Waals surface area contributed by atoms with Crippen LogP contribution in [0.3, 0.4) is 0 Å². The number of aliphatic hydroxyl groups excluding tert-OH is 1. The lowest BCUT2D eigenvalue weighted by Gasteiger charge is -2.13. The highest BCUT2D eigenvalue weighted by Crippen LogP contribution is 2.30. The Morgan fingerprint density at radius 1 is 1.36 bits per heavy atom. The van der Waals surface area contributed by atoms with E-state index < -0.39 is 11.9 Å². The Labute approximate surface area is 91.4 Å². The molecule has 14 heavy (non-hydrogen) atoms. The minimum Gasteiger partial charge on any atom is -0.396 e. The van der Waals surface area contributed by atoms with E-state index in [-0.39, 0.29) is 28.6 Å². The molecule has 78 valence electrons. The average Bonchev–Trinajstić information content (AvgIpc) is 2.13. The van der Waals surface area contributed by atoms with E-state index in [0.29, 0.717) is 0 Å². The highest BCUT2D eigenvalue weighted by molar-refractivity contribution is 6.33. The maximum atomic E-state index is 13.5. The Kier molecular flexibility index (Phi) is 4.13. The molecule has 1 aromatic rings. The zero-order chi connectivity index (χ0) is 10.7. The summed E-state index contributed by atoms with van der Waals surface area (Å²) in [6.07, 6.45) is 0.247. The summed E-state index contributed by atoms with van der Waals surface area (Å²) < 4.78 is 13.5. The molecule has 0 bridgehead atoms. The first-order valence-electron chi connectivity index (χ1n) is 4.07. The maximum absolute atomic E-state index is 13.5. The first-order chi connectivity index (χ1) is 6.57. The summed E-state index contributed by atoms with van der Waals surface area (Å²) in [4.78, 5) is 0. The van der Waals surface area contributed by atoms with Gasteiger partial charge in [0.15, 0.2) is 0 Å². The Balaban J connectivity index is 3.11. The molecule has 1 unspecified atom stereocenters. The zero-order valence-electron chi connectivity index (χ0n) is 7.30. The van der Waals surface area contributed by atoms with Crippen molar-refractivity contribution in [2.24, 2.45) is 5.73 Å². The van der Waals surface area contributed by atoms with Crippen molar-refractivity contribution in [2.45, 2.75) is 12.5 Å². The van der Waals surface area contributed by atoms with Gasteiger partial charge in [0.05, 0.1) is 5.02 Å². The second-order valence-electron chi connectivity index (χ2n) is 2.88. The van der Waals surface area contributed by atoms with E-state index in [0.717, 1.165) is 0 Å². The van der Waals surface area contributed by atoms with E-state index in [1.165, 1.54) is 12.1 Å². The molecule has 3 N–H and O–H groups in total. The molecule has 0 aromatic heterocycles. The van der Waals surface area contributed by atoms with E-state index in [1.54, 1.807) is 0 Å². The summed E-state index contributed by atoms with van der Waals surface area (Å²) in [6.45, 7) is -0.122. The third-order valence-electron chi connectivity index (χ3n) is 1.89. The molecule has 1 atom stereocenters. The molecule has 0 fully saturated rings. The standard InChI is InChI=1S/C9H10Cl2FNO/c10-5-1-2-6(11)9(12)8(5)7(13)3-4-14/h1-2,7,14H,3-4,13H2. The van der Waals surface area contributed by atoms with Gasteiger partial charge in [-0.05, 0) is 18.6 Å². The lowest BCUT2D eigenvalue weighted by Crippen LogP contribution is -2.14. The Hall–Kier alpha value is -0.350. The zero-order valence-corrected chi connectivity index (χ0v) is 8.82. The quantitative estimate of drug-likeness (QED) is 0.794. The van der Waals surface area contributed by atoms with Crippen molar-refractivity contribution in [3.63, 3.8) is 0 Å². The monoisotopic (exact) mass is 237 g/mol. The second kappa shape index (κ2) is 4.94. The summed E-state index contributed by atoms with van der Waals surface area (Å²) >= 11 is 11.4. The van der Waals surface area contributed by atoms with Crippen LogP contribution in [-0.4, -0.2) is 11.7 Å². The summed E-state index contributed by atoms with van der Waals surface area (Å²) in [5, 5.41) is 8.88. The van der Waals surface area contributed by atoms with Crippen LogP contribution >= 0.6 is 23.2 Å². The van der Waals surface area contributed by atoms with Gasteiger partial charge in [0.1, 0.15) is 5.82 Å². The number of hydrogen-bond acceptors (Lipinski definition) is 2. The molecule has 0 spiro atoms. The topological polar surface area (TPSA) is 46.2 Å².